The smallest absolute Gasteiger partial charge is 0.303 e. The normalized spacial score (nSPS) is 13.7. The molecule has 0 fully saturated rings. The minimum absolute atomic E-state index is 0.0265. The van der Waals surface area contributed by atoms with Crippen molar-refractivity contribution < 1.29 is 19.4 Å². The number of carboxylic acids is 1. The molecule has 0 spiro atoms. The Morgan fingerprint density at radius 3 is 2.89 bits per heavy atom. The van der Waals surface area contributed by atoms with Gasteiger partial charge in [0.2, 0.25) is 0 Å². The second-order valence-corrected chi connectivity index (χ2v) is 4.27. The molecule has 0 bridgehead atoms. The van der Waals surface area contributed by atoms with Crippen LogP contribution in [0.15, 0.2) is 18.2 Å². The van der Waals surface area contributed by atoms with Crippen molar-refractivity contribution in [2.75, 3.05) is 25.1 Å². The van der Waals surface area contributed by atoms with E-state index in [0.29, 0.717) is 12.2 Å². The topological polar surface area (TPSA) is 66.8 Å². The molecule has 1 heterocycles. The molecule has 0 aliphatic carbocycles. The molecule has 0 aromatic heterocycles. The summed E-state index contributed by atoms with van der Waals surface area (Å²) in [5.41, 5.74) is 1.41. The number of carbonyl (C=O) groups is 2. The summed E-state index contributed by atoms with van der Waals surface area (Å²) >= 11 is 0. The van der Waals surface area contributed by atoms with Gasteiger partial charge in [-0.05, 0) is 18.2 Å². The van der Waals surface area contributed by atoms with Crippen molar-refractivity contribution in [3.05, 3.63) is 23.8 Å². The molecule has 5 nitrogen and oxygen atoms in total. The number of nitrogens with zero attached hydrogens (tertiary/aromatic N) is 1. The fourth-order valence-electron chi connectivity index (χ4n) is 1.89. The van der Waals surface area contributed by atoms with E-state index in [2.05, 4.69) is 0 Å². The Bertz CT molecular complexity index is 484. The number of carbonyl (C=O) groups excluding carboxylic acids is 1. The summed E-state index contributed by atoms with van der Waals surface area (Å²) < 4.78 is 5.48. The zero-order valence-electron chi connectivity index (χ0n) is 10.2. The predicted molar refractivity (Wildman–Crippen MR) is 66.4 cm³/mol. The number of ketones is 1. The van der Waals surface area contributed by atoms with Gasteiger partial charge in [-0.25, -0.2) is 0 Å². The van der Waals surface area contributed by atoms with Crippen LogP contribution < -0.4 is 9.64 Å². The Hall–Kier alpha value is -2.04. The van der Waals surface area contributed by atoms with Crippen LogP contribution in [-0.4, -0.2) is 37.1 Å². The highest BCUT2D eigenvalue weighted by Gasteiger charge is 2.17. The van der Waals surface area contributed by atoms with Crippen molar-refractivity contribution >= 4 is 17.4 Å². The third-order valence-electron chi connectivity index (χ3n) is 2.94. The van der Waals surface area contributed by atoms with E-state index in [4.69, 9.17) is 9.84 Å². The molecule has 5 heteroatoms. The highest BCUT2D eigenvalue weighted by molar-refractivity contribution is 5.98. The van der Waals surface area contributed by atoms with Crippen LogP contribution in [0.3, 0.4) is 0 Å². The van der Waals surface area contributed by atoms with E-state index in [1.165, 1.54) is 0 Å². The first kappa shape index (κ1) is 12.4. The van der Waals surface area contributed by atoms with Crippen LogP contribution >= 0.6 is 0 Å². The van der Waals surface area contributed by atoms with Crippen molar-refractivity contribution in [2.45, 2.75) is 12.8 Å². The molecule has 1 aromatic rings. The summed E-state index contributed by atoms with van der Waals surface area (Å²) in [6.45, 7) is 1.41. The number of carboxylic acid groups (broad SMARTS) is 1. The monoisotopic (exact) mass is 249 g/mol. The fourth-order valence-corrected chi connectivity index (χ4v) is 1.89. The summed E-state index contributed by atoms with van der Waals surface area (Å²) in [4.78, 5) is 24.3. The maximum absolute atomic E-state index is 11.8. The van der Waals surface area contributed by atoms with E-state index < -0.39 is 5.97 Å². The second kappa shape index (κ2) is 5.08. The molecule has 0 atom stereocenters. The van der Waals surface area contributed by atoms with E-state index >= 15 is 0 Å². The van der Waals surface area contributed by atoms with E-state index in [-0.39, 0.29) is 18.6 Å². The molecular weight excluding hydrogens is 234 g/mol. The molecule has 1 aromatic carbocycles. The Labute approximate surface area is 105 Å². The third kappa shape index (κ3) is 2.61. The average Bonchev–Trinajstić information content (AvgIpc) is 2.36. The van der Waals surface area contributed by atoms with Crippen molar-refractivity contribution in [3.8, 4) is 5.75 Å². The maximum atomic E-state index is 11.8. The molecule has 0 amide bonds. The number of anilines is 1. The lowest BCUT2D eigenvalue weighted by Gasteiger charge is -2.27. The largest absolute Gasteiger partial charge is 0.490 e. The van der Waals surface area contributed by atoms with Gasteiger partial charge in [0.05, 0.1) is 18.7 Å². The first-order chi connectivity index (χ1) is 8.58. The van der Waals surface area contributed by atoms with Crippen LogP contribution in [0.1, 0.15) is 23.2 Å². The van der Waals surface area contributed by atoms with Crippen LogP contribution in [0.25, 0.3) is 0 Å². The van der Waals surface area contributed by atoms with Crippen molar-refractivity contribution in [2.24, 2.45) is 0 Å². The van der Waals surface area contributed by atoms with Crippen molar-refractivity contribution in [1.82, 2.24) is 0 Å². The van der Waals surface area contributed by atoms with Gasteiger partial charge in [-0.15, -0.1) is 0 Å². The lowest BCUT2D eigenvalue weighted by atomic mass is 10.0. The molecule has 0 radical (unpaired) electrons. The van der Waals surface area contributed by atoms with E-state index in [1.54, 1.807) is 18.2 Å². The molecular formula is C13H15NO4. The zero-order valence-corrected chi connectivity index (χ0v) is 10.2. The molecule has 0 saturated heterocycles. The van der Waals surface area contributed by atoms with Crippen molar-refractivity contribution in [1.29, 1.82) is 0 Å². The predicted octanol–water partition coefficient (Wildman–Crippen LogP) is 1.56. The quantitative estimate of drug-likeness (QED) is 0.820. The number of hydrogen-bond donors (Lipinski definition) is 1. The number of hydrogen-bond acceptors (Lipinski definition) is 4. The van der Waals surface area contributed by atoms with Crippen LogP contribution in [0.4, 0.5) is 5.69 Å². The van der Waals surface area contributed by atoms with Gasteiger partial charge in [0.15, 0.2) is 5.78 Å². The average molecular weight is 249 g/mol. The number of Topliss-reactive ketones (excluding diaryl/α,β-unsaturated/α-hetero) is 1. The molecule has 2 rings (SSSR count). The SMILES string of the molecule is CN1CCOc2ccc(C(=O)CCC(=O)O)cc21. The zero-order chi connectivity index (χ0) is 13.1. The fraction of sp³-hybridized carbons (Fsp3) is 0.385. The first-order valence-electron chi connectivity index (χ1n) is 5.81. The lowest BCUT2D eigenvalue weighted by molar-refractivity contribution is -0.136. The van der Waals surface area contributed by atoms with Crippen LogP contribution in [0.5, 0.6) is 5.75 Å². The van der Waals surface area contributed by atoms with E-state index in [1.807, 2.05) is 11.9 Å². The van der Waals surface area contributed by atoms with Gasteiger partial charge in [-0.3, -0.25) is 9.59 Å². The number of likely N-dealkylation sites (N-methyl/N-ethyl adjacent to an activating group) is 1. The van der Waals surface area contributed by atoms with Gasteiger partial charge in [-0.1, -0.05) is 0 Å². The van der Waals surface area contributed by atoms with Gasteiger partial charge < -0.3 is 14.7 Å². The van der Waals surface area contributed by atoms with Crippen LogP contribution in [-0.2, 0) is 4.79 Å². The number of benzene rings is 1. The number of rotatable bonds is 4. The van der Waals surface area contributed by atoms with Gasteiger partial charge in [0.1, 0.15) is 12.4 Å². The summed E-state index contributed by atoms with van der Waals surface area (Å²) in [5.74, 6) is -0.348. The Morgan fingerprint density at radius 1 is 1.39 bits per heavy atom. The first-order valence-corrected chi connectivity index (χ1v) is 5.81. The van der Waals surface area contributed by atoms with E-state index in [0.717, 1.165) is 18.0 Å². The number of fused-ring (bicyclic) bond motifs is 1. The van der Waals surface area contributed by atoms with Crippen LogP contribution in [0.2, 0.25) is 0 Å². The molecule has 0 saturated carbocycles. The van der Waals surface area contributed by atoms with Crippen LogP contribution in [0, 0.1) is 0 Å². The summed E-state index contributed by atoms with van der Waals surface area (Å²) in [7, 11) is 1.94. The number of aliphatic carboxylic acids is 1. The Kier molecular flexibility index (Phi) is 3.50. The molecule has 1 aliphatic rings. The Morgan fingerprint density at radius 2 is 2.17 bits per heavy atom. The minimum atomic E-state index is -0.957. The molecule has 96 valence electrons. The third-order valence-corrected chi connectivity index (χ3v) is 2.94. The summed E-state index contributed by atoms with van der Waals surface area (Å²) in [6.07, 6.45) is -0.110. The summed E-state index contributed by atoms with van der Waals surface area (Å²) in [6, 6.07) is 5.21. The minimum Gasteiger partial charge on any atom is -0.490 e. The number of ether oxygens (including phenoxy) is 1. The standard InChI is InChI=1S/C13H15NO4/c1-14-6-7-18-12-4-2-9(8-10(12)14)11(15)3-5-13(16)17/h2,4,8H,3,5-7H2,1H3,(H,16,17). The van der Waals surface area contributed by atoms with E-state index in [9.17, 15) is 9.59 Å². The van der Waals surface area contributed by atoms with Gasteiger partial charge in [0.25, 0.3) is 0 Å². The molecule has 1 aliphatic heterocycles. The molecule has 1 N–H and O–H groups in total. The maximum Gasteiger partial charge on any atom is 0.303 e. The highest BCUT2D eigenvalue weighted by Crippen LogP contribution is 2.31. The molecule has 18 heavy (non-hydrogen) atoms. The highest BCUT2D eigenvalue weighted by atomic mass is 16.5. The Balaban J connectivity index is 2.17. The summed E-state index contributed by atoms with van der Waals surface area (Å²) in [5, 5.41) is 8.56. The van der Waals surface area contributed by atoms with Gasteiger partial charge >= 0.3 is 5.97 Å². The lowest BCUT2D eigenvalue weighted by Crippen LogP contribution is -2.29. The second-order valence-electron chi connectivity index (χ2n) is 4.27. The van der Waals surface area contributed by atoms with Crippen molar-refractivity contribution in [3.63, 3.8) is 0 Å². The van der Waals surface area contributed by atoms with Gasteiger partial charge in [-0.2, -0.15) is 0 Å². The molecule has 0 unspecified atom stereocenters. The van der Waals surface area contributed by atoms with Gasteiger partial charge in [0, 0.05) is 19.0 Å².